The molecule has 0 aliphatic rings. The van der Waals surface area contributed by atoms with Gasteiger partial charge < -0.3 is 4.90 Å². The zero-order valence-corrected chi connectivity index (χ0v) is 11.7. The van der Waals surface area contributed by atoms with Crippen molar-refractivity contribution < 1.29 is 0 Å². The van der Waals surface area contributed by atoms with E-state index in [1.165, 1.54) is 5.56 Å². The zero-order chi connectivity index (χ0) is 12.3. The average Bonchev–Trinajstić information content (AvgIpc) is 2.30. The highest BCUT2D eigenvalue weighted by Gasteiger charge is 2.08. The molecular formula is C13H12BrClN2. The predicted octanol–water partition coefficient (Wildman–Crippen LogP) is 4.13. The Kier molecular flexibility index (Phi) is 4.02. The van der Waals surface area contributed by atoms with Crippen molar-refractivity contribution in [2.75, 3.05) is 11.9 Å². The van der Waals surface area contributed by atoms with Gasteiger partial charge in [0, 0.05) is 19.8 Å². The molecule has 0 radical (unpaired) electrons. The van der Waals surface area contributed by atoms with Crippen molar-refractivity contribution in [2.45, 2.75) is 6.54 Å². The van der Waals surface area contributed by atoms with Crippen LogP contribution in [0.4, 0.5) is 5.82 Å². The summed E-state index contributed by atoms with van der Waals surface area (Å²) >= 11 is 9.34. The van der Waals surface area contributed by atoms with Crippen LogP contribution in [0.5, 0.6) is 0 Å². The lowest BCUT2D eigenvalue weighted by molar-refractivity contribution is 0.894. The van der Waals surface area contributed by atoms with Crippen LogP contribution in [-0.4, -0.2) is 12.0 Å². The fourth-order valence-electron chi connectivity index (χ4n) is 1.62. The molecule has 0 bridgehead atoms. The second kappa shape index (κ2) is 5.52. The highest BCUT2D eigenvalue weighted by molar-refractivity contribution is 9.10. The number of pyridine rings is 1. The summed E-state index contributed by atoms with van der Waals surface area (Å²) in [5.41, 5.74) is 1.25. The first-order chi connectivity index (χ1) is 8.16. The summed E-state index contributed by atoms with van der Waals surface area (Å²) in [6.45, 7) is 0.814. The molecule has 1 heterocycles. The van der Waals surface area contributed by atoms with Crippen LogP contribution in [-0.2, 0) is 6.54 Å². The quantitative estimate of drug-likeness (QED) is 0.847. The lowest BCUT2D eigenvalue weighted by atomic mass is 10.2. The summed E-state index contributed by atoms with van der Waals surface area (Å²) in [7, 11) is 2.01. The highest BCUT2D eigenvalue weighted by atomic mass is 79.9. The van der Waals surface area contributed by atoms with Gasteiger partial charge in [-0.15, -0.1) is 0 Å². The molecule has 88 valence electrons. The summed E-state index contributed by atoms with van der Waals surface area (Å²) in [4.78, 5) is 6.40. The largest absolute Gasteiger partial charge is 0.354 e. The third kappa shape index (κ3) is 3.20. The van der Waals surface area contributed by atoms with E-state index in [0.717, 1.165) is 16.8 Å². The number of hydrogen-bond acceptors (Lipinski definition) is 2. The maximum Gasteiger partial charge on any atom is 0.143 e. The number of nitrogens with zero attached hydrogens (tertiary/aromatic N) is 2. The number of rotatable bonds is 3. The highest BCUT2D eigenvalue weighted by Crippen LogP contribution is 2.26. The van der Waals surface area contributed by atoms with Crippen molar-refractivity contribution in [1.29, 1.82) is 0 Å². The molecule has 0 aliphatic carbocycles. The Morgan fingerprint density at radius 1 is 1.29 bits per heavy atom. The van der Waals surface area contributed by atoms with E-state index in [4.69, 9.17) is 11.6 Å². The summed E-state index contributed by atoms with van der Waals surface area (Å²) in [6, 6.07) is 12.1. The number of anilines is 1. The van der Waals surface area contributed by atoms with Gasteiger partial charge in [-0.05, 0) is 27.6 Å². The van der Waals surface area contributed by atoms with Gasteiger partial charge in [0.1, 0.15) is 5.82 Å². The van der Waals surface area contributed by atoms with E-state index in [0.29, 0.717) is 5.02 Å². The van der Waals surface area contributed by atoms with E-state index in [1.54, 1.807) is 6.20 Å². The van der Waals surface area contributed by atoms with Gasteiger partial charge in [-0.3, -0.25) is 0 Å². The molecule has 0 N–H and O–H groups in total. The maximum absolute atomic E-state index is 5.87. The molecule has 0 fully saturated rings. The summed E-state index contributed by atoms with van der Waals surface area (Å²) in [5.74, 6) is 0.887. The zero-order valence-electron chi connectivity index (χ0n) is 9.40. The standard InChI is InChI=1S/C13H12BrClN2/c1-17(9-10-5-3-2-4-6-10)13-12(14)7-11(15)8-16-13/h2-8H,9H2,1H3. The van der Waals surface area contributed by atoms with Crippen molar-refractivity contribution in [3.05, 3.63) is 57.7 Å². The van der Waals surface area contributed by atoms with E-state index < -0.39 is 0 Å². The van der Waals surface area contributed by atoms with Crippen molar-refractivity contribution in [3.8, 4) is 0 Å². The molecule has 0 saturated carbocycles. The maximum atomic E-state index is 5.87. The van der Waals surface area contributed by atoms with Gasteiger partial charge in [0.15, 0.2) is 0 Å². The topological polar surface area (TPSA) is 16.1 Å². The van der Waals surface area contributed by atoms with Gasteiger partial charge in [-0.2, -0.15) is 0 Å². The van der Waals surface area contributed by atoms with Crippen LogP contribution in [0.3, 0.4) is 0 Å². The molecule has 2 aromatic rings. The molecule has 0 amide bonds. The second-order valence-electron chi connectivity index (χ2n) is 3.80. The molecule has 0 atom stereocenters. The Hall–Kier alpha value is -1.06. The fraction of sp³-hybridized carbons (Fsp3) is 0.154. The van der Waals surface area contributed by atoms with Crippen LogP contribution in [0.15, 0.2) is 47.1 Å². The van der Waals surface area contributed by atoms with E-state index in [-0.39, 0.29) is 0 Å². The molecule has 17 heavy (non-hydrogen) atoms. The molecule has 1 aromatic carbocycles. The Balaban J connectivity index is 2.17. The first-order valence-corrected chi connectivity index (χ1v) is 6.40. The molecule has 0 unspecified atom stereocenters. The molecule has 1 aromatic heterocycles. The third-order valence-corrected chi connectivity index (χ3v) is 3.20. The molecule has 2 rings (SSSR count). The van der Waals surface area contributed by atoms with Gasteiger partial charge in [0.05, 0.1) is 9.50 Å². The average molecular weight is 312 g/mol. The molecule has 0 spiro atoms. The number of halogens is 2. The fourth-order valence-corrected chi connectivity index (χ4v) is 2.56. The summed E-state index contributed by atoms with van der Waals surface area (Å²) < 4.78 is 0.906. The van der Waals surface area contributed by atoms with Crippen molar-refractivity contribution in [1.82, 2.24) is 4.98 Å². The first-order valence-electron chi connectivity index (χ1n) is 5.23. The lowest BCUT2D eigenvalue weighted by Gasteiger charge is -2.19. The monoisotopic (exact) mass is 310 g/mol. The second-order valence-corrected chi connectivity index (χ2v) is 5.09. The molecular weight excluding hydrogens is 300 g/mol. The van der Waals surface area contributed by atoms with Gasteiger partial charge in [0.25, 0.3) is 0 Å². The Labute approximate surface area is 114 Å². The summed E-state index contributed by atoms with van der Waals surface area (Å²) in [5, 5.41) is 0.633. The van der Waals surface area contributed by atoms with E-state index >= 15 is 0 Å². The molecule has 2 nitrogen and oxygen atoms in total. The number of hydrogen-bond donors (Lipinski definition) is 0. The van der Waals surface area contributed by atoms with Crippen molar-refractivity contribution in [3.63, 3.8) is 0 Å². The Morgan fingerprint density at radius 3 is 2.65 bits per heavy atom. The van der Waals surface area contributed by atoms with Crippen LogP contribution < -0.4 is 4.90 Å². The van der Waals surface area contributed by atoms with Crippen molar-refractivity contribution >= 4 is 33.3 Å². The third-order valence-electron chi connectivity index (χ3n) is 2.41. The van der Waals surface area contributed by atoms with Crippen LogP contribution in [0.25, 0.3) is 0 Å². The van der Waals surface area contributed by atoms with Gasteiger partial charge in [-0.1, -0.05) is 41.9 Å². The Bertz CT molecular complexity index is 502. The lowest BCUT2D eigenvalue weighted by Crippen LogP contribution is -2.18. The van der Waals surface area contributed by atoms with Gasteiger partial charge >= 0.3 is 0 Å². The minimum atomic E-state index is 0.633. The van der Waals surface area contributed by atoms with E-state index in [1.807, 2.05) is 31.3 Å². The molecule has 0 saturated heterocycles. The van der Waals surface area contributed by atoms with Gasteiger partial charge in [-0.25, -0.2) is 4.98 Å². The first kappa shape index (κ1) is 12.4. The van der Waals surface area contributed by atoms with Crippen LogP contribution in [0, 0.1) is 0 Å². The van der Waals surface area contributed by atoms with E-state index in [9.17, 15) is 0 Å². The Morgan fingerprint density at radius 2 is 2.00 bits per heavy atom. The molecule has 4 heteroatoms. The predicted molar refractivity (Wildman–Crippen MR) is 75.5 cm³/mol. The van der Waals surface area contributed by atoms with Crippen molar-refractivity contribution in [2.24, 2.45) is 0 Å². The SMILES string of the molecule is CN(Cc1ccccc1)c1ncc(Cl)cc1Br. The number of aromatic nitrogens is 1. The van der Waals surface area contributed by atoms with E-state index in [2.05, 4.69) is 37.9 Å². The van der Waals surface area contributed by atoms with Crippen LogP contribution in [0.1, 0.15) is 5.56 Å². The minimum absolute atomic E-state index is 0.633. The smallest absolute Gasteiger partial charge is 0.143 e. The van der Waals surface area contributed by atoms with Gasteiger partial charge in [0.2, 0.25) is 0 Å². The summed E-state index contributed by atoms with van der Waals surface area (Å²) in [6.07, 6.45) is 1.66. The van der Waals surface area contributed by atoms with Crippen LogP contribution >= 0.6 is 27.5 Å². The van der Waals surface area contributed by atoms with Crippen LogP contribution in [0.2, 0.25) is 5.02 Å². The minimum Gasteiger partial charge on any atom is -0.354 e. The number of benzene rings is 1. The molecule has 0 aliphatic heterocycles. The normalized spacial score (nSPS) is 10.3.